The van der Waals surface area contributed by atoms with Crippen molar-refractivity contribution >= 4 is 23.4 Å². The van der Waals surface area contributed by atoms with E-state index in [4.69, 9.17) is 4.74 Å². The summed E-state index contributed by atoms with van der Waals surface area (Å²) < 4.78 is 6.33. The molecule has 3 aromatic carbocycles. The average Bonchev–Trinajstić information content (AvgIpc) is 3.45. The van der Waals surface area contributed by atoms with Gasteiger partial charge < -0.3 is 4.74 Å². The standard InChI is InChI=1S/C30H25NO5/c1-17-12-14-20(15-13-17)25-23-24(30(36-25)26(32)21-10-6-7-11-22(21)27(30)33)29(35)31(28(23)34)18(2)16-19-8-4-3-5-9-19/h3-15,18,23-25H,16H2,1-2H3/t18-,23-,24+,25+/m1/s1. The van der Waals surface area contributed by atoms with E-state index in [1.807, 2.05) is 68.4 Å². The fourth-order valence-corrected chi connectivity index (χ4v) is 6.08. The molecular weight excluding hydrogens is 454 g/mol. The third kappa shape index (κ3) is 3.00. The second-order valence-corrected chi connectivity index (χ2v) is 9.98. The van der Waals surface area contributed by atoms with E-state index in [2.05, 4.69) is 0 Å². The molecule has 0 N–H and O–H groups in total. The van der Waals surface area contributed by atoms with Gasteiger partial charge in [-0.1, -0.05) is 84.4 Å². The minimum Gasteiger partial charge on any atom is -0.349 e. The highest BCUT2D eigenvalue weighted by molar-refractivity contribution is 6.35. The van der Waals surface area contributed by atoms with Gasteiger partial charge in [-0.15, -0.1) is 0 Å². The summed E-state index contributed by atoms with van der Waals surface area (Å²) in [6.07, 6.45) is -0.411. The summed E-state index contributed by atoms with van der Waals surface area (Å²) in [5.41, 5.74) is 1.13. The van der Waals surface area contributed by atoms with Crippen LogP contribution < -0.4 is 0 Å². The summed E-state index contributed by atoms with van der Waals surface area (Å²) in [5, 5.41) is 0. The van der Waals surface area contributed by atoms with Crippen molar-refractivity contribution in [3.63, 3.8) is 0 Å². The number of hydrogen-bond donors (Lipinski definition) is 0. The van der Waals surface area contributed by atoms with E-state index in [0.717, 1.165) is 11.1 Å². The van der Waals surface area contributed by atoms with E-state index < -0.39 is 53.0 Å². The maximum Gasteiger partial charge on any atom is 0.237 e. The van der Waals surface area contributed by atoms with Gasteiger partial charge in [0.05, 0.1) is 17.9 Å². The lowest BCUT2D eigenvalue weighted by Gasteiger charge is -2.29. The SMILES string of the molecule is Cc1ccc([C@@H]2OC3(C(=O)c4ccccc4C3=O)[C@@H]3C(=O)N([C@H](C)Cc4ccccc4)C(=O)[C@H]32)cc1. The van der Waals surface area contributed by atoms with Gasteiger partial charge in [-0.2, -0.15) is 0 Å². The first kappa shape index (κ1) is 22.6. The number of Topliss-reactive ketones (excluding diaryl/α,β-unsaturated/α-hetero) is 2. The number of ketones is 2. The van der Waals surface area contributed by atoms with E-state index in [9.17, 15) is 19.2 Å². The first-order valence-electron chi connectivity index (χ1n) is 12.2. The summed E-state index contributed by atoms with van der Waals surface area (Å²) >= 11 is 0. The number of aryl methyl sites for hydroxylation is 1. The second-order valence-electron chi connectivity index (χ2n) is 9.98. The van der Waals surface area contributed by atoms with Crippen molar-refractivity contribution in [3.8, 4) is 0 Å². The topological polar surface area (TPSA) is 80.8 Å². The minimum absolute atomic E-state index is 0.238. The average molecular weight is 480 g/mol. The fourth-order valence-electron chi connectivity index (χ4n) is 6.08. The Kier molecular flexibility index (Phi) is 5.05. The molecule has 0 unspecified atom stereocenters. The van der Waals surface area contributed by atoms with Crippen molar-refractivity contribution in [1.29, 1.82) is 0 Å². The van der Waals surface area contributed by atoms with Crippen LogP contribution in [0.15, 0.2) is 78.9 Å². The zero-order valence-electron chi connectivity index (χ0n) is 20.0. The van der Waals surface area contributed by atoms with Crippen LogP contribution in [-0.4, -0.2) is 39.9 Å². The van der Waals surface area contributed by atoms with Gasteiger partial charge in [-0.05, 0) is 31.4 Å². The smallest absolute Gasteiger partial charge is 0.237 e. The number of fused-ring (bicyclic) bond motifs is 3. The zero-order valence-corrected chi connectivity index (χ0v) is 20.0. The molecule has 6 rings (SSSR count). The number of ether oxygens (including phenoxy) is 1. The highest BCUT2D eigenvalue weighted by atomic mass is 16.5. The van der Waals surface area contributed by atoms with E-state index in [1.54, 1.807) is 24.3 Å². The molecule has 180 valence electrons. The Balaban J connectivity index is 1.46. The maximum atomic E-state index is 14.0. The lowest BCUT2D eigenvalue weighted by molar-refractivity contribution is -0.147. The Morgan fingerprint density at radius 3 is 2.00 bits per heavy atom. The van der Waals surface area contributed by atoms with Crippen LogP contribution in [0.4, 0.5) is 0 Å². The van der Waals surface area contributed by atoms with Gasteiger partial charge in [-0.25, -0.2) is 0 Å². The molecule has 6 nitrogen and oxygen atoms in total. The van der Waals surface area contributed by atoms with E-state index in [0.29, 0.717) is 12.0 Å². The molecule has 0 aromatic heterocycles. The van der Waals surface area contributed by atoms with Crippen LogP contribution in [0, 0.1) is 18.8 Å². The van der Waals surface area contributed by atoms with Crippen LogP contribution in [0.25, 0.3) is 0 Å². The summed E-state index contributed by atoms with van der Waals surface area (Å²) in [5.74, 6) is -4.15. The molecule has 4 atom stereocenters. The van der Waals surface area contributed by atoms with Crippen molar-refractivity contribution in [2.45, 2.75) is 38.0 Å². The van der Waals surface area contributed by atoms with Crippen molar-refractivity contribution in [3.05, 3.63) is 107 Å². The molecule has 0 bridgehead atoms. The van der Waals surface area contributed by atoms with Crippen LogP contribution >= 0.6 is 0 Å². The normalized spacial score (nSPS) is 24.9. The van der Waals surface area contributed by atoms with Crippen LogP contribution in [0.3, 0.4) is 0 Å². The Hall–Kier alpha value is -3.90. The Bertz CT molecular complexity index is 1380. The van der Waals surface area contributed by atoms with Gasteiger partial charge in [-0.3, -0.25) is 24.1 Å². The lowest BCUT2D eigenvalue weighted by atomic mass is 9.77. The largest absolute Gasteiger partial charge is 0.349 e. The number of carbonyl (C=O) groups excluding carboxylic acids is 4. The number of carbonyl (C=O) groups is 4. The van der Waals surface area contributed by atoms with Crippen molar-refractivity contribution in [2.24, 2.45) is 11.8 Å². The number of amides is 2. The van der Waals surface area contributed by atoms with Gasteiger partial charge in [0.25, 0.3) is 0 Å². The molecule has 2 amide bonds. The predicted molar refractivity (Wildman–Crippen MR) is 131 cm³/mol. The number of rotatable bonds is 4. The van der Waals surface area contributed by atoms with Crippen LogP contribution in [-0.2, 0) is 20.7 Å². The summed E-state index contributed by atoms with van der Waals surface area (Å²) in [4.78, 5) is 56.7. The lowest BCUT2D eigenvalue weighted by Crippen LogP contribution is -2.52. The Morgan fingerprint density at radius 1 is 0.806 bits per heavy atom. The monoisotopic (exact) mass is 479 g/mol. The van der Waals surface area contributed by atoms with Crippen molar-refractivity contribution in [1.82, 2.24) is 4.90 Å². The molecule has 2 aliphatic heterocycles. The van der Waals surface area contributed by atoms with E-state index in [-0.39, 0.29) is 11.1 Å². The third-order valence-electron chi connectivity index (χ3n) is 7.77. The van der Waals surface area contributed by atoms with Gasteiger partial charge in [0.15, 0.2) is 0 Å². The molecule has 3 aromatic rings. The van der Waals surface area contributed by atoms with Crippen LogP contribution in [0.2, 0.25) is 0 Å². The molecule has 1 aliphatic carbocycles. The molecule has 0 radical (unpaired) electrons. The molecule has 3 aliphatic rings. The summed E-state index contributed by atoms with van der Waals surface area (Å²) in [7, 11) is 0. The number of benzene rings is 3. The van der Waals surface area contributed by atoms with Crippen molar-refractivity contribution in [2.75, 3.05) is 0 Å². The summed E-state index contributed by atoms with van der Waals surface area (Å²) in [6, 6.07) is 23.2. The minimum atomic E-state index is -2.03. The van der Waals surface area contributed by atoms with Crippen LogP contribution in [0.5, 0.6) is 0 Å². The molecule has 0 saturated carbocycles. The van der Waals surface area contributed by atoms with Gasteiger partial charge in [0, 0.05) is 17.2 Å². The van der Waals surface area contributed by atoms with E-state index >= 15 is 0 Å². The Morgan fingerprint density at radius 2 is 1.39 bits per heavy atom. The number of hydrogen-bond acceptors (Lipinski definition) is 5. The third-order valence-corrected chi connectivity index (χ3v) is 7.77. The number of imide groups is 1. The first-order chi connectivity index (χ1) is 17.3. The second kappa shape index (κ2) is 8.07. The molecule has 1 spiro atoms. The highest BCUT2D eigenvalue weighted by Gasteiger charge is 2.74. The van der Waals surface area contributed by atoms with E-state index in [1.165, 1.54) is 4.90 Å². The number of likely N-dealkylation sites (tertiary alicyclic amines) is 1. The predicted octanol–water partition coefficient (Wildman–Crippen LogP) is 4.12. The van der Waals surface area contributed by atoms with Crippen molar-refractivity contribution < 1.29 is 23.9 Å². The molecule has 2 heterocycles. The molecule has 36 heavy (non-hydrogen) atoms. The Labute approximate surface area is 208 Å². The molecule has 6 heteroatoms. The molecule has 2 fully saturated rings. The summed E-state index contributed by atoms with van der Waals surface area (Å²) in [6.45, 7) is 3.77. The quantitative estimate of drug-likeness (QED) is 0.416. The molecule has 2 saturated heterocycles. The number of nitrogens with zero attached hydrogens (tertiary/aromatic N) is 1. The van der Waals surface area contributed by atoms with Gasteiger partial charge in [0.1, 0.15) is 0 Å². The highest BCUT2D eigenvalue weighted by Crippen LogP contribution is 2.57. The van der Waals surface area contributed by atoms with Gasteiger partial charge in [0.2, 0.25) is 29.0 Å². The molecular formula is C30H25NO5. The fraction of sp³-hybridized carbons (Fsp3) is 0.267. The van der Waals surface area contributed by atoms with Crippen LogP contribution in [0.1, 0.15) is 50.4 Å². The first-order valence-corrected chi connectivity index (χ1v) is 12.2. The zero-order chi connectivity index (χ0) is 25.2. The van der Waals surface area contributed by atoms with Gasteiger partial charge >= 0.3 is 0 Å². The maximum absolute atomic E-state index is 14.0.